The molecule has 0 aliphatic carbocycles. The molecule has 88 valence electrons. The third kappa shape index (κ3) is 3.79. The second kappa shape index (κ2) is 6.45. The van der Waals surface area contributed by atoms with Crippen LogP contribution in [0.15, 0.2) is 18.2 Å². The summed E-state index contributed by atoms with van der Waals surface area (Å²) < 4.78 is 5.34. The van der Waals surface area contributed by atoms with Crippen molar-refractivity contribution in [3.05, 3.63) is 38.9 Å². The summed E-state index contributed by atoms with van der Waals surface area (Å²) in [6, 6.07) is 4.61. The van der Waals surface area contributed by atoms with Crippen LogP contribution in [0.1, 0.15) is 25.3 Å². The molecular weight excluding hydrogens is 230 g/mol. The third-order valence-corrected chi connectivity index (χ3v) is 2.38. The molecule has 0 fully saturated rings. The quantitative estimate of drug-likeness (QED) is 0.436. The Bertz CT molecular complexity index is 368. The molecule has 0 heterocycles. The molecule has 4 nitrogen and oxygen atoms in total. The summed E-state index contributed by atoms with van der Waals surface area (Å²) in [5.74, 6) is 0. The fourth-order valence-corrected chi connectivity index (χ4v) is 1.42. The number of rotatable bonds is 6. The van der Waals surface area contributed by atoms with Gasteiger partial charge in [0.25, 0.3) is 5.69 Å². The van der Waals surface area contributed by atoms with Crippen LogP contribution in [-0.2, 0) is 11.3 Å². The van der Waals surface area contributed by atoms with E-state index in [1.165, 1.54) is 6.07 Å². The fraction of sp³-hybridized carbons (Fsp3) is 0.455. The number of nitrogens with zero attached hydrogens (tertiary/aromatic N) is 1. The molecule has 0 saturated heterocycles. The molecule has 1 aromatic rings. The summed E-state index contributed by atoms with van der Waals surface area (Å²) in [7, 11) is 0. The Hall–Kier alpha value is -1.13. The Morgan fingerprint density at radius 1 is 1.50 bits per heavy atom. The highest BCUT2D eigenvalue weighted by molar-refractivity contribution is 6.30. The van der Waals surface area contributed by atoms with E-state index in [-0.39, 0.29) is 12.3 Å². The van der Waals surface area contributed by atoms with Crippen LogP contribution < -0.4 is 0 Å². The van der Waals surface area contributed by atoms with Gasteiger partial charge in [-0.2, -0.15) is 0 Å². The van der Waals surface area contributed by atoms with E-state index in [0.29, 0.717) is 17.2 Å². The van der Waals surface area contributed by atoms with E-state index in [1.807, 2.05) is 0 Å². The highest BCUT2D eigenvalue weighted by Crippen LogP contribution is 2.23. The normalized spacial score (nSPS) is 10.4. The van der Waals surface area contributed by atoms with E-state index in [2.05, 4.69) is 6.92 Å². The van der Waals surface area contributed by atoms with Crippen molar-refractivity contribution in [2.24, 2.45) is 0 Å². The lowest BCUT2D eigenvalue weighted by molar-refractivity contribution is -0.385. The van der Waals surface area contributed by atoms with Gasteiger partial charge in [0.1, 0.15) is 0 Å². The van der Waals surface area contributed by atoms with Crippen LogP contribution in [0, 0.1) is 10.1 Å². The SMILES string of the molecule is CCCCOCc1ccc(Cl)cc1[N+](=O)[O-]. The predicted molar refractivity (Wildman–Crippen MR) is 62.7 cm³/mol. The number of benzene rings is 1. The Kier molecular flexibility index (Phi) is 5.22. The molecule has 0 bridgehead atoms. The molecular formula is C11H14ClNO3. The molecule has 0 atom stereocenters. The molecule has 1 rings (SSSR count). The summed E-state index contributed by atoms with van der Waals surface area (Å²) in [4.78, 5) is 10.3. The van der Waals surface area contributed by atoms with Crippen LogP contribution in [0.4, 0.5) is 5.69 Å². The largest absolute Gasteiger partial charge is 0.377 e. The van der Waals surface area contributed by atoms with E-state index in [4.69, 9.17) is 16.3 Å². The van der Waals surface area contributed by atoms with Gasteiger partial charge in [0.15, 0.2) is 0 Å². The molecule has 0 aromatic heterocycles. The first kappa shape index (κ1) is 12.9. The topological polar surface area (TPSA) is 52.4 Å². The number of nitro benzene ring substituents is 1. The lowest BCUT2D eigenvalue weighted by Gasteiger charge is -2.04. The Balaban J connectivity index is 2.67. The Morgan fingerprint density at radius 3 is 2.88 bits per heavy atom. The zero-order valence-corrected chi connectivity index (χ0v) is 9.87. The van der Waals surface area contributed by atoms with Crippen LogP contribution in [0.2, 0.25) is 5.02 Å². The summed E-state index contributed by atoms with van der Waals surface area (Å²) in [5, 5.41) is 11.1. The zero-order valence-electron chi connectivity index (χ0n) is 9.11. The second-order valence-electron chi connectivity index (χ2n) is 3.44. The molecule has 0 spiro atoms. The molecule has 0 saturated carbocycles. The van der Waals surface area contributed by atoms with Crippen molar-refractivity contribution >= 4 is 17.3 Å². The third-order valence-electron chi connectivity index (χ3n) is 2.14. The van der Waals surface area contributed by atoms with Gasteiger partial charge in [0.2, 0.25) is 0 Å². The number of nitro groups is 1. The van der Waals surface area contributed by atoms with Gasteiger partial charge in [0, 0.05) is 17.7 Å². The Morgan fingerprint density at radius 2 is 2.25 bits per heavy atom. The molecule has 0 radical (unpaired) electrons. The van der Waals surface area contributed by atoms with Gasteiger partial charge in [0.05, 0.1) is 17.1 Å². The Labute approximate surface area is 99.3 Å². The minimum Gasteiger partial charge on any atom is -0.377 e. The molecule has 5 heteroatoms. The van der Waals surface area contributed by atoms with E-state index in [0.717, 1.165) is 12.8 Å². The molecule has 0 unspecified atom stereocenters. The first-order valence-corrected chi connectivity index (χ1v) is 5.53. The van der Waals surface area contributed by atoms with E-state index >= 15 is 0 Å². The van der Waals surface area contributed by atoms with Crippen LogP contribution in [0.3, 0.4) is 0 Å². The lowest BCUT2D eigenvalue weighted by atomic mass is 10.2. The number of unbranched alkanes of at least 4 members (excludes halogenated alkanes) is 1. The summed E-state index contributed by atoms with van der Waals surface area (Å²) in [5.41, 5.74) is 0.578. The standard InChI is InChI=1S/C11H14ClNO3/c1-2-3-6-16-8-9-4-5-10(12)7-11(9)13(14)15/h4-5,7H,2-3,6,8H2,1H3. The second-order valence-corrected chi connectivity index (χ2v) is 3.87. The summed E-state index contributed by atoms with van der Waals surface area (Å²) in [6.45, 7) is 2.94. The molecule has 16 heavy (non-hydrogen) atoms. The van der Waals surface area contributed by atoms with Gasteiger partial charge in [-0.15, -0.1) is 0 Å². The van der Waals surface area contributed by atoms with Crippen molar-refractivity contribution < 1.29 is 9.66 Å². The molecule has 0 aliphatic heterocycles. The zero-order chi connectivity index (χ0) is 12.0. The number of hydrogen-bond donors (Lipinski definition) is 0. The fourth-order valence-electron chi connectivity index (χ4n) is 1.26. The summed E-state index contributed by atoms with van der Waals surface area (Å²) >= 11 is 5.70. The maximum absolute atomic E-state index is 10.8. The van der Waals surface area contributed by atoms with E-state index in [1.54, 1.807) is 12.1 Å². The van der Waals surface area contributed by atoms with Crippen molar-refractivity contribution in [1.82, 2.24) is 0 Å². The van der Waals surface area contributed by atoms with Gasteiger partial charge in [-0.3, -0.25) is 10.1 Å². The smallest absolute Gasteiger partial charge is 0.276 e. The highest BCUT2D eigenvalue weighted by Gasteiger charge is 2.13. The van der Waals surface area contributed by atoms with Gasteiger partial charge in [-0.05, 0) is 18.6 Å². The molecule has 1 aromatic carbocycles. The van der Waals surface area contributed by atoms with Crippen molar-refractivity contribution in [3.8, 4) is 0 Å². The van der Waals surface area contributed by atoms with E-state index < -0.39 is 4.92 Å². The van der Waals surface area contributed by atoms with Crippen LogP contribution in [0.25, 0.3) is 0 Å². The average Bonchev–Trinajstić information content (AvgIpc) is 2.26. The van der Waals surface area contributed by atoms with Crippen molar-refractivity contribution in [2.75, 3.05) is 6.61 Å². The summed E-state index contributed by atoms with van der Waals surface area (Å²) in [6.07, 6.45) is 2.00. The van der Waals surface area contributed by atoms with Crippen LogP contribution in [-0.4, -0.2) is 11.5 Å². The predicted octanol–water partition coefficient (Wildman–Crippen LogP) is 3.56. The minimum absolute atomic E-state index is 0.0176. The van der Waals surface area contributed by atoms with Gasteiger partial charge < -0.3 is 4.74 Å². The van der Waals surface area contributed by atoms with Crippen molar-refractivity contribution in [2.45, 2.75) is 26.4 Å². The first-order valence-electron chi connectivity index (χ1n) is 5.15. The van der Waals surface area contributed by atoms with Crippen molar-refractivity contribution in [1.29, 1.82) is 0 Å². The monoisotopic (exact) mass is 243 g/mol. The minimum atomic E-state index is -0.440. The lowest BCUT2D eigenvalue weighted by Crippen LogP contribution is -1.99. The first-order chi connectivity index (χ1) is 7.65. The maximum atomic E-state index is 10.8. The molecule has 0 aliphatic rings. The van der Waals surface area contributed by atoms with E-state index in [9.17, 15) is 10.1 Å². The molecule has 0 amide bonds. The van der Waals surface area contributed by atoms with Gasteiger partial charge >= 0.3 is 0 Å². The van der Waals surface area contributed by atoms with Gasteiger partial charge in [-0.1, -0.05) is 24.9 Å². The average molecular weight is 244 g/mol. The highest BCUT2D eigenvalue weighted by atomic mass is 35.5. The maximum Gasteiger partial charge on any atom is 0.276 e. The van der Waals surface area contributed by atoms with Crippen LogP contribution >= 0.6 is 11.6 Å². The number of halogens is 1. The molecule has 0 N–H and O–H groups in total. The number of hydrogen-bond acceptors (Lipinski definition) is 3. The van der Waals surface area contributed by atoms with Gasteiger partial charge in [-0.25, -0.2) is 0 Å². The number of ether oxygens (including phenoxy) is 1. The van der Waals surface area contributed by atoms with Crippen LogP contribution in [0.5, 0.6) is 0 Å². The van der Waals surface area contributed by atoms with Crippen molar-refractivity contribution in [3.63, 3.8) is 0 Å².